The Kier molecular flexibility index (Phi) is 11.2. The topological polar surface area (TPSA) is 172 Å². The summed E-state index contributed by atoms with van der Waals surface area (Å²) in [5, 5.41) is 11.7. The molecule has 12 heteroatoms. The van der Waals surface area contributed by atoms with E-state index in [2.05, 4.69) is 21.3 Å². The number of primary amides is 1. The first-order valence-electron chi connectivity index (χ1n) is 15.4. The lowest BCUT2D eigenvalue weighted by molar-refractivity contribution is -0.143. The lowest BCUT2D eigenvalue weighted by Crippen LogP contribution is -2.61. The fourth-order valence-corrected chi connectivity index (χ4v) is 5.82. The van der Waals surface area contributed by atoms with Crippen molar-refractivity contribution in [3.8, 4) is 0 Å². The lowest BCUT2D eigenvalue weighted by atomic mass is 9.98. The van der Waals surface area contributed by atoms with Gasteiger partial charge < -0.3 is 36.6 Å². The van der Waals surface area contributed by atoms with Crippen LogP contribution in [0.4, 0.5) is 4.79 Å². The highest BCUT2D eigenvalue weighted by Gasteiger charge is 2.45. The van der Waals surface area contributed by atoms with E-state index in [9.17, 15) is 24.0 Å². The van der Waals surface area contributed by atoms with Crippen molar-refractivity contribution in [1.29, 1.82) is 0 Å². The van der Waals surface area contributed by atoms with E-state index in [-0.39, 0.29) is 25.4 Å². The zero-order chi connectivity index (χ0) is 32.6. The first kappa shape index (κ1) is 33.4. The minimum Gasteiger partial charge on any atom is -0.444 e. The molecule has 2 aliphatic heterocycles. The molecule has 242 valence electrons. The van der Waals surface area contributed by atoms with E-state index in [1.807, 2.05) is 60.7 Å². The molecular weight excluding hydrogens is 576 g/mol. The van der Waals surface area contributed by atoms with Crippen molar-refractivity contribution < 1.29 is 28.7 Å². The van der Waals surface area contributed by atoms with E-state index in [1.165, 1.54) is 4.90 Å². The Labute approximate surface area is 263 Å². The maximum absolute atomic E-state index is 13.8. The van der Waals surface area contributed by atoms with Gasteiger partial charge in [-0.2, -0.15) is 0 Å². The van der Waals surface area contributed by atoms with Crippen LogP contribution < -0.4 is 27.0 Å². The van der Waals surface area contributed by atoms with Gasteiger partial charge in [-0.25, -0.2) is 4.79 Å². The smallest absolute Gasteiger partial charge is 0.408 e. The molecule has 6 N–H and O–H groups in total. The number of nitrogens with one attached hydrogen (secondary N) is 4. The Bertz CT molecular complexity index is 1310. The van der Waals surface area contributed by atoms with Crippen molar-refractivity contribution in [3.05, 3.63) is 71.8 Å². The second-order valence-electron chi connectivity index (χ2n) is 12.5. The van der Waals surface area contributed by atoms with E-state index in [0.717, 1.165) is 11.1 Å². The fraction of sp³-hybridized carbons (Fsp3) is 0.485. The van der Waals surface area contributed by atoms with Crippen LogP contribution >= 0.6 is 0 Å². The number of hydrogen-bond donors (Lipinski definition) is 5. The SMILES string of the molecule is CC(C)(C)OC(=O)N[C@H]1CNCC[C@H]2CC[C@@H](C(=O)NC(CCC(N)=O)C(=O)NC(c3ccccc3)c3ccccc3)N2C1=O. The molecule has 4 atom stereocenters. The summed E-state index contributed by atoms with van der Waals surface area (Å²) in [7, 11) is 0. The summed E-state index contributed by atoms with van der Waals surface area (Å²) in [6.07, 6.45) is 0.753. The first-order valence-corrected chi connectivity index (χ1v) is 15.4. The number of alkyl carbamates (subject to hydrolysis) is 1. The molecule has 12 nitrogen and oxygen atoms in total. The Morgan fingerprint density at radius 2 is 1.58 bits per heavy atom. The summed E-state index contributed by atoms with van der Waals surface area (Å²) >= 11 is 0. The van der Waals surface area contributed by atoms with Gasteiger partial charge in [0.25, 0.3) is 0 Å². The molecule has 1 unspecified atom stereocenters. The molecule has 2 heterocycles. The summed E-state index contributed by atoms with van der Waals surface area (Å²) in [6, 6.07) is 15.3. The predicted molar refractivity (Wildman–Crippen MR) is 168 cm³/mol. The molecule has 2 aliphatic rings. The quantitative estimate of drug-likeness (QED) is 0.270. The van der Waals surface area contributed by atoms with Gasteiger partial charge in [-0.1, -0.05) is 60.7 Å². The molecule has 2 fully saturated rings. The van der Waals surface area contributed by atoms with Gasteiger partial charge in [-0.15, -0.1) is 0 Å². The maximum Gasteiger partial charge on any atom is 0.408 e. The van der Waals surface area contributed by atoms with E-state index in [1.54, 1.807) is 20.8 Å². The maximum atomic E-state index is 13.8. The number of carbonyl (C=O) groups is 5. The molecule has 0 radical (unpaired) electrons. The van der Waals surface area contributed by atoms with Crippen molar-refractivity contribution in [3.63, 3.8) is 0 Å². The minimum absolute atomic E-state index is 0.0138. The van der Waals surface area contributed by atoms with Gasteiger partial charge >= 0.3 is 6.09 Å². The van der Waals surface area contributed by atoms with Crippen LogP contribution in [-0.2, 0) is 23.9 Å². The van der Waals surface area contributed by atoms with Gasteiger partial charge in [-0.3, -0.25) is 19.2 Å². The van der Waals surface area contributed by atoms with Crippen molar-refractivity contribution in [2.24, 2.45) is 5.73 Å². The minimum atomic E-state index is -1.08. The van der Waals surface area contributed by atoms with Crippen LogP contribution in [0.2, 0.25) is 0 Å². The number of benzene rings is 2. The highest BCUT2D eigenvalue weighted by atomic mass is 16.6. The molecule has 2 aromatic rings. The van der Waals surface area contributed by atoms with Crippen LogP contribution in [0, 0.1) is 0 Å². The Morgan fingerprint density at radius 3 is 2.16 bits per heavy atom. The lowest BCUT2D eigenvalue weighted by Gasteiger charge is -2.36. The van der Waals surface area contributed by atoms with Gasteiger partial charge in [0.2, 0.25) is 23.6 Å². The Balaban J connectivity index is 1.53. The molecule has 0 spiro atoms. The van der Waals surface area contributed by atoms with Crippen LogP contribution in [-0.4, -0.2) is 77.5 Å². The number of hydrogen-bond acceptors (Lipinski definition) is 7. The molecule has 2 saturated heterocycles. The number of carbonyl (C=O) groups excluding carboxylic acids is 5. The van der Waals surface area contributed by atoms with Crippen molar-refractivity contribution in [2.75, 3.05) is 13.1 Å². The highest BCUT2D eigenvalue weighted by molar-refractivity contribution is 5.95. The second-order valence-corrected chi connectivity index (χ2v) is 12.5. The molecule has 5 amide bonds. The number of rotatable bonds is 10. The number of ether oxygens (including phenoxy) is 1. The first-order chi connectivity index (χ1) is 21.4. The third kappa shape index (κ3) is 9.27. The van der Waals surface area contributed by atoms with Crippen LogP contribution in [0.5, 0.6) is 0 Å². The molecule has 2 aromatic carbocycles. The van der Waals surface area contributed by atoms with Gasteiger partial charge in [0, 0.05) is 19.0 Å². The van der Waals surface area contributed by atoms with Gasteiger partial charge in [0.15, 0.2) is 0 Å². The van der Waals surface area contributed by atoms with Crippen LogP contribution in [0.25, 0.3) is 0 Å². The third-order valence-corrected chi connectivity index (χ3v) is 7.92. The molecule has 4 rings (SSSR count). The third-order valence-electron chi connectivity index (χ3n) is 7.92. The molecule has 0 saturated carbocycles. The molecular formula is C33H44N6O6. The number of nitrogens with zero attached hydrogens (tertiary/aromatic N) is 1. The zero-order valence-electron chi connectivity index (χ0n) is 26.1. The number of fused-ring (bicyclic) bond motifs is 1. The average molecular weight is 621 g/mol. The highest BCUT2D eigenvalue weighted by Crippen LogP contribution is 2.29. The predicted octanol–water partition coefficient (Wildman–Crippen LogP) is 1.89. The summed E-state index contributed by atoms with van der Waals surface area (Å²) in [5.74, 6) is -1.99. The largest absolute Gasteiger partial charge is 0.444 e. The van der Waals surface area contributed by atoms with E-state index in [0.29, 0.717) is 25.8 Å². The average Bonchev–Trinajstić information content (AvgIpc) is 3.41. The van der Waals surface area contributed by atoms with Gasteiger partial charge in [0.1, 0.15) is 23.7 Å². The molecule has 0 aliphatic carbocycles. The van der Waals surface area contributed by atoms with E-state index < -0.39 is 59.5 Å². The summed E-state index contributed by atoms with van der Waals surface area (Å²) < 4.78 is 5.36. The Hall–Kier alpha value is -4.45. The molecule has 0 aromatic heterocycles. The second kappa shape index (κ2) is 15.0. The van der Waals surface area contributed by atoms with E-state index in [4.69, 9.17) is 10.5 Å². The van der Waals surface area contributed by atoms with Crippen molar-refractivity contribution >= 4 is 29.7 Å². The zero-order valence-corrected chi connectivity index (χ0v) is 26.1. The van der Waals surface area contributed by atoms with Crippen molar-refractivity contribution in [2.45, 2.75) is 88.7 Å². The van der Waals surface area contributed by atoms with Crippen LogP contribution in [0.1, 0.15) is 70.0 Å². The Morgan fingerprint density at radius 1 is 0.956 bits per heavy atom. The standard InChI is InChI=1S/C33H44N6O6/c1-33(2,3)45-32(44)37-25-20-35-19-18-23-14-16-26(39(23)31(25)43)30(42)36-24(15-17-27(34)40)29(41)38-28(21-10-6-4-7-11-21)22-12-8-5-9-13-22/h4-13,23-26,28,35H,14-20H2,1-3H3,(H2,34,40)(H,36,42)(H,37,44)(H,38,41)/t23-,24?,25+,26+/m1/s1. The van der Waals surface area contributed by atoms with Crippen LogP contribution in [0.3, 0.4) is 0 Å². The normalized spacial score (nSPS) is 20.8. The van der Waals surface area contributed by atoms with E-state index >= 15 is 0 Å². The monoisotopic (exact) mass is 620 g/mol. The number of nitrogens with two attached hydrogens (primary N) is 1. The van der Waals surface area contributed by atoms with Crippen LogP contribution in [0.15, 0.2) is 60.7 Å². The van der Waals surface area contributed by atoms with Crippen molar-refractivity contribution in [1.82, 2.24) is 26.2 Å². The number of amides is 5. The molecule has 45 heavy (non-hydrogen) atoms. The van der Waals surface area contributed by atoms with Gasteiger partial charge in [0.05, 0.1) is 6.04 Å². The fourth-order valence-electron chi connectivity index (χ4n) is 5.82. The van der Waals surface area contributed by atoms with Gasteiger partial charge in [-0.05, 0) is 64.1 Å². The summed E-state index contributed by atoms with van der Waals surface area (Å²) in [6.45, 7) is 5.97. The molecule has 0 bridgehead atoms. The summed E-state index contributed by atoms with van der Waals surface area (Å²) in [5.41, 5.74) is 6.37. The summed E-state index contributed by atoms with van der Waals surface area (Å²) in [4.78, 5) is 67.2.